The van der Waals surface area contributed by atoms with Crippen LogP contribution in [0.1, 0.15) is 5.56 Å². The van der Waals surface area contributed by atoms with Crippen molar-refractivity contribution in [3.63, 3.8) is 0 Å². The number of hydrogen-bond acceptors (Lipinski definition) is 0. The van der Waals surface area contributed by atoms with Crippen molar-refractivity contribution in [2.45, 2.75) is 0 Å². The predicted molar refractivity (Wildman–Crippen MR) is 48.3 cm³/mol. The minimum Gasteiger partial charge on any atom is -0.0923 e. The molecule has 1 heteroatoms. The molecule has 0 aliphatic rings. The zero-order chi connectivity index (χ0) is 7.94. The first-order valence-corrected chi connectivity index (χ1v) is 3.69. The van der Waals surface area contributed by atoms with Crippen molar-refractivity contribution >= 4 is 11.6 Å². The predicted octanol–water partition coefficient (Wildman–Crippen LogP) is 2.79. The number of allylic oxidation sites excluding steroid dienone is 1. The van der Waals surface area contributed by atoms with Crippen molar-refractivity contribution in [2.24, 2.45) is 0 Å². The molecule has 0 nitrogen and oxygen atoms in total. The second-order valence-corrected chi connectivity index (χ2v) is 2.18. The van der Waals surface area contributed by atoms with E-state index >= 15 is 0 Å². The van der Waals surface area contributed by atoms with Gasteiger partial charge in [-0.05, 0) is 18.2 Å². The van der Waals surface area contributed by atoms with Gasteiger partial charge in [-0.3, -0.25) is 0 Å². The molecule has 0 aromatic heterocycles. The van der Waals surface area contributed by atoms with Gasteiger partial charge in [-0.2, -0.15) is 0 Å². The van der Waals surface area contributed by atoms with Crippen molar-refractivity contribution in [3.05, 3.63) is 47.5 Å². The van der Waals surface area contributed by atoms with Crippen LogP contribution in [0.4, 0.5) is 0 Å². The first-order valence-electron chi connectivity index (χ1n) is 3.25. The van der Waals surface area contributed by atoms with Gasteiger partial charge in [0.25, 0.3) is 0 Å². The van der Waals surface area contributed by atoms with Gasteiger partial charge in [0.15, 0.2) is 0 Å². The quantitative estimate of drug-likeness (QED) is 0.515. The van der Waals surface area contributed by atoms with E-state index in [-0.39, 0.29) is 0 Å². The van der Waals surface area contributed by atoms with Crippen LogP contribution in [0, 0.1) is 11.8 Å². The summed E-state index contributed by atoms with van der Waals surface area (Å²) in [6.45, 7) is 0. The number of rotatable bonds is 0. The highest BCUT2D eigenvalue weighted by Crippen LogP contribution is 1.94. The molecule has 1 aromatic carbocycles. The van der Waals surface area contributed by atoms with Crippen LogP contribution in [0.15, 0.2) is 41.9 Å². The molecule has 0 saturated carbocycles. The first-order chi connectivity index (χ1) is 5.43. The van der Waals surface area contributed by atoms with Crippen LogP contribution in [-0.2, 0) is 0 Å². The maximum absolute atomic E-state index is 5.28. The third-order valence-corrected chi connectivity index (χ3v) is 1.26. The lowest BCUT2D eigenvalue weighted by atomic mass is 10.2. The molecule has 0 amide bonds. The van der Waals surface area contributed by atoms with Crippen LogP contribution in [-0.4, -0.2) is 0 Å². The van der Waals surface area contributed by atoms with Crippen LogP contribution < -0.4 is 0 Å². The monoisotopic (exact) mass is 162 g/mol. The van der Waals surface area contributed by atoms with Crippen LogP contribution in [0.3, 0.4) is 0 Å². The molecule has 11 heavy (non-hydrogen) atoms. The summed E-state index contributed by atoms with van der Waals surface area (Å²) in [5.41, 5.74) is 2.40. The van der Waals surface area contributed by atoms with Gasteiger partial charge in [-0.15, -0.1) is 0 Å². The molecule has 0 saturated heterocycles. The number of hydrogen-bond donors (Lipinski definition) is 0. The fourth-order valence-electron chi connectivity index (χ4n) is 0.678. The summed E-state index contributed by atoms with van der Waals surface area (Å²) in [6, 6.07) is 9.77. The van der Waals surface area contributed by atoms with E-state index in [0.717, 1.165) is 5.56 Å². The Morgan fingerprint density at radius 1 is 1.18 bits per heavy atom. The lowest BCUT2D eigenvalue weighted by molar-refractivity contribution is 1.65. The Morgan fingerprint density at radius 2 is 1.91 bits per heavy atom. The average Bonchev–Trinajstić information content (AvgIpc) is 2.07. The van der Waals surface area contributed by atoms with E-state index in [2.05, 4.69) is 11.8 Å². The fraction of sp³-hybridized carbons (Fsp3) is 0. The zero-order valence-electron chi connectivity index (χ0n) is 5.92. The van der Waals surface area contributed by atoms with Crippen LogP contribution >= 0.6 is 11.6 Å². The molecule has 0 N–H and O–H groups in total. The maximum Gasteiger partial charge on any atom is 0.0248 e. The molecule has 0 unspecified atom stereocenters. The van der Waals surface area contributed by atoms with Gasteiger partial charge in [-0.1, -0.05) is 41.6 Å². The normalized spacial score (nSPS) is 9.18. The summed E-state index contributed by atoms with van der Waals surface area (Å²) in [5, 5.41) is 0. The molecule has 0 fully saturated rings. The molecule has 54 valence electrons. The van der Waals surface area contributed by atoms with Gasteiger partial charge in [0.1, 0.15) is 0 Å². The van der Waals surface area contributed by atoms with Gasteiger partial charge in [-0.25, -0.2) is 0 Å². The number of benzene rings is 1. The van der Waals surface area contributed by atoms with Crippen molar-refractivity contribution in [2.75, 3.05) is 0 Å². The largest absolute Gasteiger partial charge is 0.0923 e. The minimum atomic E-state index is 1.00. The molecule has 0 bridgehead atoms. The summed E-state index contributed by atoms with van der Waals surface area (Å²) in [7, 11) is 0. The van der Waals surface area contributed by atoms with E-state index < -0.39 is 0 Å². The SMILES string of the molecule is Cl/C=C\C#Cc1ccccc1. The van der Waals surface area contributed by atoms with Crippen molar-refractivity contribution in [1.82, 2.24) is 0 Å². The summed E-state index contributed by atoms with van der Waals surface area (Å²) in [5.74, 6) is 5.71. The summed E-state index contributed by atoms with van der Waals surface area (Å²) < 4.78 is 0. The second kappa shape index (κ2) is 4.60. The maximum atomic E-state index is 5.28. The van der Waals surface area contributed by atoms with E-state index in [0.29, 0.717) is 0 Å². The third-order valence-electron chi connectivity index (χ3n) is 1.14. The van der Waals surface area contributed by atoms with Crippen LogP contribution in [0.2, 0.25) is 0 Å². The van der Waals surface area contributed by atoms with Gasteiger partial charge < -0.3 is 0 Å². The minimum absolute atomic E-state index is 1.00. The molecule has 0 spiro atoms. The zero-order valence-corrected chi connectivity index (χ0v) is 6.68. The highest BCUT2D eigenvalue weighted by Gasteiger charge is 1.78. The topological polar surface area (TPSA) is 0 Å². The summed E-state index contributed by atoms with van der Waals surface area (Å²) >= 11 is 5.28. The highest BCUT2D eigenvalue weighted by atomic mass is 35.5. The lowest BCUT2D eigenvalue weighted by Crippen LogP contribution is -1.68. The van der Waals surface area contributed by atoms with Gasteiger partial charge >= 0.3 is 0 Å². The van der Waals surface area contributed by atoms with E-state index in [1.54, 1.807) is 6.08 Å². The van der Waals surface area contributed by atoms with Gasteiger partial charge in [0.2, 0.25) is 0 Å². The van der Waals surface area contributed by atoms with Crippen LogP contribution in [0.5, 0.6) is 0 Å². The second-order valence-electron chi connectivity index (χ2n) is 1.93. The van der Waals surface area contributed by atoms with E-state index in [4.69, 9.17) is 11.6 Å². The number of halogens is 1. The molecule has 0 heterocycles. The summed E-state index contributed by atoms with van der Waals surface area (Å²) in [6.07, 6.45) is 1.61. The smallest absolute Gasteiger partial charge is 0.0248 e. The van der Waals surface area contributed by atoms with E-state index in [1.165, 1.54) is 5.54 Å². The molecule has 1 aromatic rings. The van der Waals surface area contributed by atoms with Gasteiger partial charge in [0, 0.05) is 11.1 Å². The first kappa shape index (κ1) is 7.91. The fourth-order valence-corrected chi connectivity index (χ4v) is 0.741. The highest BCUT2D eigenvalue weighted by molar-refractivity contribution is 6.25. The van der Waals surface area contributed by atoms with Crippen molar-refractivity contribution in [1.29, 1.82) is 0 Å². The molecular formula is C10H7Cl. The molecular weight excluding hydrogens is 156 g/mol. The van der Waals surface area contributed by atoms with Crippen LogP contribution in [0.25, 0.3) is 0 Å². The molecule has 0 atom stereocenters. The Labute approximate surface area is 71.5 Å². The molecule has 0 aliphatic heterocycles. The standard InChI is InChI=1S/C10H7Cl/c11-9-5-4-8-10-6-2-1-3-7-10/h1-3,5-7,9H/b9-5-. The van der Waals surface area contributed by atoms with E-state index in [9.17, 15) is 0 Å². The van der Waals surface area contributed by atoms with Crippen molar-refractivity contribution < 1.29 is 0 Å². The Morgan fingerprint density at radius 3 is 2.55 bits per heavy atom. The Hall–Kier alpha value is -1.19. The molecule has 1 rings (SSSR count). The average molecular weight is 163 g/mol. The Bertz CT molecular complexity index is 288. The third kappa shape index (κ3) is 2.93. The van der Waals surface area contributed by atoms with E-state index in [1.807, 2.05) is 30.3 Å². The molecule has 0 radical (unpaired) electrons. The Kier molecular flexibility index (Phi) is 3.31. The summed E-state index contributed by atoms with van der Waals surface area (Å²) in [4.78, 5) is 0. The van der Waals surface area contributed by atoms with Gasteiger partial charge in [0.05, 0.1) is 0 Å². The molecule has 0 aliphatic carbocycles. The lowest BCUT2D eigenvalue weighted by Gasteiger charge is -1.83. The Balaban J connectivity index is 2.74. The van der Waals surface area contributed by atoms with Crippen molar-refractivity contribution in [3.8, 4) is 11.8 Å².